The Kier molecular flexibility index (Phi) is 7.37. The van der Waals surface area contributed by atoms with Crippen LogP contribution in [0.3, 0.4) is 0 Å². The predicted molar refractivity (Wildman–Crippen MR) is 124 cm³/mol. The van der Waals surface area contributed by atoms with Crippen LogP contribution in [-0.4, -0.2) is 23.5 Å². The molecule has 0 unspecified atom stereocenters. The lowest BCUT2D eigenvalue weighted by Gasteiger charge is -2.12. The molecule has 0 bridgehead atoms. The molecule has 0 aliphatic carbocycles. The quantitative estimate of drug-likeness (QED) is 0.380. The lowest BCUT2D eigenvalue weighted by atomic mass is 10.0. The van der Waals surface area contributed by atoms with Gasteiger partial charge in [-0.3, -0.25) is 20.4 Å². The van der Waals surface area contributed by atoms with Gasteiger partial charge in [-0.2, -0.15) is 0 Å². The minimum absolute atomic E-state index is 0.00473. The number of ether oxygens (including phenoxy) is 1. The largest absolute Gasteiger partial charge is 0.483 e. The molecule has 0 saturated carbocycles. The summed E-state index contributed by atoms with van der Waals surface area (Å²) >= 11 is 8.46. The van der Waals surface area contributed by atoms with Gasteiger partial charge < -0.3 is 10.1 Å². The molecule has 2 amide bonds. The maximum Gasteiger partial charge on any atom is 0.276 e. The lowest BCUT2D eigenvalue weighted by molar-refractivity contribution is -0.124. The third-order valence-corrected chi connectivity index (χ3v) is 5.07. The summed E-state index contributed by atoms with van der Waals surface area (Å²) in [6, 6.07) is 19.2. The average molecular weight is 486 g/mol. The number of hydrogen-bond acceptors (Lipinski definition) is 4. The summed E-state index contributed by atoms with van der Waals surface area (Å²) in [6.45, 7) is 1.75. The van der Waals surface area contributed by atoms with Gasteiger partial charge in [-0.25, -0.2) is 0 Å². The van der Waals surface area contributed by atoms with Crippen LogP contribution in [0, 0.1) is 6.92 Å². The van der Waals surface area contributed by atoms with Crippen LogP contribution in [0.4, 0.5) is 0 Å². The van der Waals surface area contributed by atoms with E-state index in [1.807, 2.05) is 61.5 Å². The molecule has 0 atom stereocenters. The van der Waals surface area contributed by atoms with E-state index in [0.717, 1.165) is 26.4 Å². The zero-order valence-corrected chi connectivity index (χ0v) is 18.6. The second-order valence-electron chi connectivity index (χ2n) is 6.59. The van der Waals surface area contributed by atoms with Gasteiger partial charge in [0.05, 0.1) is 10.9 Å². The summed E-state index contributed by atoms with van der Waals surface area (Å²) in [5.74, 6) is -0.159. The molecule has 0 saturated heterocycles. The number of carbonyl (C=O) groups excluding carboxylic acids is 2. The molecule has 0 aliphatic heterocycles. The second kappa shape index (κ2) is 10.2. The Morgan fingerprint density at radius 3 is 2.57 bits per heavy atom. The molecule has 154 valence electrons. The smallest absolute Gasteiger partial charge is 0.276 e. The zero-order chi connectivity index (χ0) is 21.5. The number of nitrogens with one attached hydrogen (secondary N) is 3. The number of aryl methyl sites for hydroxylation is 1. The fourth-order valence-corrected chi connectivity index (χ4v) is 3.62. The number of thiocarbonyl (C=S) groups is 1. The second-order valence-corrected chi connectivity index (χ2v) is 7.85. The van der Waals surface area contributed by atoms with Crippen LogP contribution in [-0.2, 0) is 16.0 Å². The molecule has 0 fully saturated rings. The van der Waals surface area contributed by atoms with Crippen molar-refractivity contribution in [1.29, 1.82) is 0 Å². The maximum absolute atomic E-state index is 12.3. The normalized spacial score (nSPS) is 10.3. The van der Waals surface area contributed by atoms with Gasteiger partial charge in [0.25, 0.3) is 5.91 Å². The molecule has 3 aromatic carbocycles. The zero-order valence-electron chi connectivity index (χ0n) is 16.2. The third kappa shape index (κ3) is 6.01. The van der Waals surface area contributed by atoms with Gasteiger partial charge in [-0.15, -0.1) is 0 Å². The van der Waals surface area contributed by atoms with Crippen molar-refractivity contribution in [2.75, 3.05) is 6.61 Å². The highest BCUT2D eigenvalue weighted by Gasteiger charge is 2.10. The van der Waals surface area contributed by atoms with Crippen molar-refractivity contribution < 1.29 is 14.3 Å². The van der Waals surface area contributed by atoms with Crippen molar-refractivity contribution >= 4 is 55.8 Å². The monoisotopic (exact) mass is 485 g/mol. The van der Waals surface area contributed by atoms with Crippen molar-refractivity contribution in [2.24, 2.45) is 0 Å². The highest BCUT2D eigenvalue weighted by Crippen LogP contribution is 2.25. The van der Waals surface area contributed by atoms with Gasteiger partial charge in [0.15, 0.2) is 11.7 Å². The third-order valence-electron chi connectivity index (χ3n) is 4.25. The molecule has 3 rings (SSSR count). The molecule has 6 nitrogen and oxygen atoms in total. The molecule has 8 heteroatoms. The molecule has 0 radical (unpaired) electrons. The van der Waals surface area contributed by atoms with Crippen molar-refractivity contribution in [3.05, 3.63) is 76.3 Å². The van der Waals surface area contributed by atoms with E-state index >= 15 is 0 Å². The van der Waals surface area contributed by atoms with Crippen molar-refractivity contribution in [3.63, 3.8) is 0 Å². The van der Waals surface area contributed by atoms with Crippen LogP contribution in [0.5, 0.6) is 5.75 Å². The van der Waals surface area contributed by atoms with Crippen LogP contribution in [0.2, 0.25) is 0 Å². The summed E-state index contributed by atoms with van der Waals surface area (Å²) < 4.78 is 6.22. The Bertz CT molecular complexity index is 1100. The molecule has 0 heterocycles. The predicted octanol–water partition coefficient (Wildman–Crippen LogP) is 3.55. The fourth-order valence-electron chi connectivity index (χ4n) is 2.85. The van der Waals surface area contributed by atoms with E-state index in [1.54, 1.807) is 6.07 Å². The van der Waals surface area contributed by atoms with Crippen molar-refractivity contribution in [1.82, 2.24) is 16.2 Å². The molecule has 0 aliphatic rings. The first-order valence-electron chi connectivity index (χ1n) is 9.16. The Labute approximate surface area is 188 Å². The summed E-state index contributed by atoms with van der Waals surface area (Å²) in [5.41, 5.74) is 6.87. The molecule has 30 heavy (non-hydrogen) atoms. The van der Waals surface area contributed by atoms with Gasteiger partial charge in [0.1, 0.15) is 5.75 Å². The van der Waals surface area contributed by atoms with E-state index in [4.69, 9.17) is 17.0 Å². The summed E-state index contributed by atoms with van der Waals surface area (Å²) in [6.07, 6.45) is 0.168. The topological polar surface area (TPSA) is 79.5 Å². The maximum atomic E-state index is 12.3. The van der Waals surface area contributed by atoms with Gasteiger partial charge in [-0.05, 0) is 69.1 Å². The number of rotatable bonds is 5. The Balaban J connectivity index is 1.44. The number of hydrazine groups is 1. The van der Waals surface area contributed by atoms with Crippen LogP contribution < -0.4 is 20.9 Å². The minimum atomic E-state index is -0.437. The van der Waals surface area contributed by atoms with Crippen molar-refractivity contribution in [3.8, 4) is 5.75 Å². The van der Waals surface area contributed by atoms with E-state index in [9.17, 15) is 9.59 Å². The number of carbonyl (C=O) groups is 2. The summed E-state index contributed by atoms with van der Waals surface area (Å²) in [5, 5.41) is 4.64. The van der Waals surface area contributed by atoms with Crippen LogP contribution in [0.1, 0.15) is 11.1 Å². The van der Waals surface area contributed by atoms with E-state index in [2.05, 4.69) is 32.1 Å². The minimum Gasteiger partial charge on any atom is -0.483 e. The highest BCUT2D eigenvalue weighted by molar-refractivity contribution is 9.10. The highest BCUT2D eigenvalue weighted by atomic mass is 79.9. The first kappa shape index (κ1) is 21.7. The van der Waals surface area contributed by atoms with E-state index in [-0.39, 0.29) is 24.0 Å². The first-order valence-corrected chi connectivity index (χ1v) is 10.4. The Hall–Kier alpha value is -2.97. The average Bonchev–Trinajstić information content (AvgIpc) is 2.72. The van der Waals surface area contributed by atoms with Gasteiger partial charge in [-0.1, -0.05) is 48.5 Å². The molecule has 3 N–H and O–H groups in total. The van der Waals surface area contributed by atoms with E-state index in [1.165, 1.54) is 0 Å². The van der Waals surface area contributed by atoms with Gasteiger partial charge in [0, 0.05) is 0 Å². The van der Waals surface area contributed by atoms with E-state index < -0.39 is 5.91 Å². The number of halogens is 1. The SMILES string of the molecule is Cc1ccc(OCC(=O)NNC(=S)NC(=O)Cc2cccc3ccccc23)c(Br)c1. The summed E-state index contributed by atoms with van der Waals surface area (Å²) in [7, 11) is 0. The molecule has 0 aromatic heterocycles. The van der Waals surface area contributed by atoms with Crippen LogP contribution in [0.25, 0.3) is 10.8 Å². The van der Waals surface area contributed by atoms with Crippen molar-refractivity contribution in [2.45, 2.75) is 13.3 Å². The fraction of sp³-hybridized carbons (Fsp3) is 0.136. The summed E-state index contributed by atoms with van der Waals surface area (Å²) in [4.78, 5) is 24.2. The number of amides is 2. The molecular formula is C22H20BrN3O3S. The Morgan fingerprint density at radius 2 is 1.77 bits per heavy atom. The van der Waals surface area contributed by atoms with Crippen LogP contribution >= 0.6 is 28.1 Å². The van der Waals surface area contributed by atoms with Gasteiger partial charge in [0.2, 0.25) is 5.91 Å². The standard InChI is InChI=1S/C22H20BrN3O3S/c1-14-9-10-19(18(23)11-14)29-13-21(28)25-26-22(30)24-20(27)12-16-7-4-6-15-5-2-3-8-17(15)16/h2-11H,12-13H2,1H3,(H,25,28)(H2,24,26,27,30). The van der Waals surface area contributed by atoms with E-state index in [0.29, 0.717) is 5.75 Å². The molecular weight excluding hydrogens is 466 g/mol. The van der Waals surface area contributed by atoms with Gasteiger partial charge >= 0.3 is 0 Å². The number of benzene rings is 3. The number of hydrogen-bond donors (Lipinski definition) is 3. The molecule has 3 aromatic rings. The first-order chi connectivity index (χ1) is 14.4. The number of fused-ring (bicyclic) bond motifs is 1. The molecule has 0 spiro atoms. The lowest BCUT2D eigenvalue weighted by Crippen LogP contribution is -2.50. The van der Waals surface area contributed by atoms with Crippen LogP contribution in [0.15, 0.2) is 65.1 Å². The Morgan fingerprint density at radius 1 is 1.00 bits per heavy atom.